The van der Waals surface area contributed by atoms with Gasteiger partial charge in [0.05, 0.1) is 10.6 Å². The van der Waals surface area contributed by atoms with Gasteiger partial charge in [0.2, 0.25) is 0 Å². The fourth-order valence-corrected chi connectivity index (χ4v) is 1.24. The van der Waals surface area contributed by atoms with E-state index in [1.807, 2.05) is 0 Å². The van der Waals surface area contributed by atoms with Gasteiger partial charge in [0.15, 0.2) is 0 Å². The molecule has 0 aromatic heterocycles. The summed E-state index contributed by atoms with van der Waals surface area (Å²) in [5.74, 6) is 0. The van der Waals surface area contributed by atoms with Gasteiger partial charge in [-0.2, -0.15) is 13.2 Å². The molecule has 6 heteroatoms. The van der Waals surface area contributed by atoms with Gasteiger partial charge < -0.3 is 5.02 Å². The number of hydrogen-bond acceptors (Lipinski definition) is 1. The van der Waals surface area contributed by atoms with E-state index in [4.69, 9.17) is 16.6 Å². The molecule has 0 saturated carbocycles. The van der Waals surface area contributed by atoms with Crippen molar-refractivity contribution in [2.24, 2.45) is 0 Å². The number of rotatable bonds is 1. The van der Waals surface area contributed by atoms with Gasteiger partial charge in [0.1, 0.15) is 0 Å². The van der Waals surface area contributed by atoms with Crippen LogP contribution in [0.25, 0.3) is 0 Å². The van der Waals surface area contributed by atoms with Crippen molar-refractivity contribution in [3.63, 3.8) is 0 Å². The van der Waals surface area contributed by atoms with Crippen LogP contribution in [0.5, 0.6) is 0 Å². The van der Waals surface area contributed by atoms with E-state index in [1.54, 1.807) is 0 Å². The molecule has 1 aromatic carbocycles. The lowest BCUT2D eigenvalue weighted by molar-refractivity contribution is -0.137. The van der Waals surface area contributed by atoms with Gasteiger partial charge in [-0.25, -0.2) is 0 Å². The first-order valence-electron chi connectivity index (χ1n) is 3.87. The van der Waals surface area contributed by atoms with Gasteiger partial charge in [-0.05, 0) is 11.5 Å². The second-order valence-corrected chi connectivity index (χ2v) is 3.32. The van der Waals surface area contributed by atoms with Crippen LogP contribution in [0.4, 0.5) is 13.2 Å². The summed E-state index contributed by atoms with van der Waals surface area (Å²) >= 11 is 5.38. The molecule has 0 atom stereocenters. The predicted molar refractivity (Wildman–Crippen MR) is 49.9 cm³/mol. The Labute approximate surface area is 84.6 Å². The fraction of sp³-hybridized carbons (Fsp3) is 0.250. The Balaban J connectivity index is 3.22. The molecule has 0 aliphatic heterocycles. The largest absolute Gasteiger partial charge is 0.447 e. The highest BCUT2D eigenvalue weighted by Crippen LogP contribution is 2.33. The molecule has 0 radical (unpaired) electrons. The maximum Gasteiger partial charge on any atom is 0.417 e. The topological polar surface area (TPSA) is 20.2 Å². The van der Waals surface area contributed by atoms with Crippen molar-refractivity contribution >= 4 is 24.0 Å². The van der Waals surface area contributed by atoms with Gasteiger partial charge in [-0.1, -0.05) is 30.6 Å². The highest BCUT2D eigenvalue weighted by atomic mass is 35.5. The predicted octanol–water partition coefficient (Wildman–Crippen LogP) is 2.18. The summed E-state index contributed by atoms with van der Waals surface area (Å²) in [6.07, 6.45) is -4.48. The third-order valence-corrected chi connectivity index (χ3v) is 2.11. The minimum atomic E-state index is -4.48. The molecule has 0 heterocycles. The molecule has 0 aliphatic carbocycles. The summed E-state index contributed by atoms with van der Waals surface area (Å²) in [6, 6.07) is 3.35. The number of hydrogen-bond donors (Lipinski definition) is 1. The Morgan fingerprint density at radius 1 is 1.36 bits per heavy atom. The van der Waals surface area contributed by atoms with Gasteiger partial charge in [0, 0.05) is 0 Å². The van der Waals surface area contributed by atoms with E-state index in [-0.39, 0.29) is 10.5 Å². The normalized spacial score (nSPS) is 11.6. The second kappa shape index (κ2) is 3.83. The maximum absolute atomic E-state index is 12.3. The lowest BCUT2D eigenvalue weighted by atomic mass is 9.64. The van der Waals surface area contributed by atoms with E-state index < -0.39 is 18.7 Å². The van der Waals surface area contributed by atoms with E-state index in [2.05, 4.69) is 0 Å². The fourth-order valence-electron chi connectivity index (χ4n) is 1.02. The van der Waals surface area contributed by atoms with Crippen molar-refractivity contribution in [1.29, 1.82) is 0 Å². The highest BCUT2D eigenvalue weighted by molar-refractivity contribution is 6.64. The number of halogens is 4. The summed E-state index contributed by atoms with van der Waals surface area (Å²) < 4.78 is 37.0. The minimum absolute atomic E-state index is 0.196. The van der Waals surface area contributed by atoms with Crippen molar-refractivity contribution < 1.29 is 18.2 Å². The third-order valence-electron chi connectivity index (χ3n) is 1.78. The average Bonchev–Trinajstić information content (AvgIpc) is 2.02. The summed E-state index contributed by atoms with van der Waals surface area (Å²) in [5.41, 5.74) is -0.723. The molecule has 0 aliphatic rings. The molecular formula is C8H7BClF3O. The van der Waals surface area contributed by atoms with Crippen molar-refractivity contribution in [3.8, 4) is 0 Å². The monoisotopic (exact) mass is 222 g/mol. The van der Waals surface area contributed by atoms with Gasteiger partial charge in [0.25, 0.3) is 0 Å². The van der Waals surface area contributed by atoms with E-state index in [9.17, 15) is 13.2 Å². The van der Waals surface area contributed by atoms with Crippen LogP contribution in [0.3, 0.4) is 0 Å². The van der Waals surface area contributed by atoms with Gasteiger partial charge in [-0.3, -0.25) is 0 Å². The van der Waals surface area contributed by atoms with Crippen molar-refractivity contribution in [3.05, 3.63) is 28.8 Å². The highest BCUT2D eigenvalue weighted by Gasteiger charge is 2.33. The van der Waals surface area contributed by atoms with Crippen LogP contribution in [0.2, 0.25) is 11.8 Å². The SMILES string of the molecule is CB(O)c1ccc(Cl)c(C(F)(F)F)c1. The molecule has 1 nitrogen and oxygen atoms in total. The van der Waals surface area contributed by atoms with Gasteiger partial charge >= 0.3 is 13.1 Å². The number of alkyl halides is 3. The third kappa shape index (κ3) is 2.42. The molecule has 0 fully saturated rings. The Morgan fingerprint density at radius 3 is 2.36 bits per heavy atom. The van der Waals surface area contributed by atoms with Crippen LogP contribution < -0.4 is 5.46 Å². The average molecular weight is 222 g/mol. The molecule has 0 amide bonds. The molecule has 1 N–H and O–H groups in total. The van der Waals surface area contributed by atoms with E-state index in [0.717, 1.165) is 12.1 Å². The first-order valence-corrected chi connectivity index (χ1v) is 4.25. The summed E-state index contributed by atoms with van der Waals surface area (Å²) in [7, 11) is 0. The molecule has 0 unspecified atom stereocenters. The molecule has 76 valence electrons. The van der Waals surface area contributed by atoms with Crippen LogP contribution in [0.15, 0.2) is 18.2 Å². The Hall–Kier alpha value is -0.675. The lowest BCUT2D eigenvalue weighted by Crippen LogP contribution is -2.27. The Morgan fingerprint density at radius 2 is 1.93 bits per heavy atom. The van der Waals surface area contributed by atoms with Crippen LogP contribution in [-0.2, 0) is 6.18 Å². The molecule has 0 spiro atoms. The van der Waals surface area contributed by atoms with Crippen molar-refractivity contribution in [2.45, 2.75) is 13.0 Å². The smallest absolute Gasteiger partial charge is 0.417 e. The quantitative estimate of drug-likeness (QED) is 0.722. The van der Waals surface area contributed by atoms with Crippen molar-refractivity contribution in [2.75, 3.05) is 0 Å². The molecule has 0 saturated heterocycles. The Kier molecular flexibility index (Phi) is 3.12. The first-order chi connectivity index (χ1) is 6.32. The van der Waals surface area contributed by atoms with E-state index in [0.29, 0.717) is 0 Å². The van der Waals surface area contributed by atoms with Crippen LogP contribution in [-0.4, -0.2) is 11.9 Å². The molecule has 1 aromatic rings. The minimum Gasteiger partial charge on any atom is -0.447 e. The summed E-state index contributed by atoms with van der Waals surface area (Å²) in [5, 5.41) is 8.73. The molecular weight excluding hydrogens is 215 g/mol. The zero-order valence-corrected chi connectivity index (χ0v) is 8.02. The second-order valence-electron chi connectivity index (χ2n) is 2.91. The number of benzene rings is 1. The summed E-state index contributed by atoms with van der Waals surface area (Å²) in [4.78, 5) is 0. The lowest BCUT2D eigenvalue weighted by Gasteiger charge is -2.10. The standard InChI is InChI=1S/C8H7BClF3O/c1-9(14)5-2-3-7(10)6(4-5)8(11,12)13/h2-4,14H,1H3. The molecule has 1 rings (SSSR count). The van der Waals surface area contributed by atoms with Crippen LogP contribution in [0.1, 0.15) is 5.56 Å². The zero-order chi connectivity index (χ0) is 10.9. The first kappa shape index (κ1) is 11.4. The van der Waals surface area contributed by atoms with Gasteiger partial charge in [-0.15, -0.1) is 0 Å². The van der Waals surface area contributed by atoms with Crippen LogP contribution in [0, 0.1) is 0 Å². The summed E-state index contributed by atoms with van der Waals surface area (Å²) in [6.45, 7) is 0.456. The maximum atomic E-state index is 12.3. The Bertz CT molecular complexity index is 338. The zero-order valence-electron chi connectivity index (χ0n) is 7.27. The van der Waals surface area contributed by atoms with E-state index >= 15 is 0 Å². The van der Waals surface area contributed by atoms with Crippen molar-refractivity contribution in [1.82, 2.24) is 0 Å². The molecule has 14 heavy (non-hydrogen) atoms. The molecule has 0 bridgehead atoms. The van der Waals surface area contributed by atoms with Crippen LogP contribution >= 0.6 is 11.6 Å². The van der Waals surface area contributed by atoms with E-state index in [1.165, 1.54) is 12.9 Å².